The van der Waals surface area contributed by atoms with Crippen molar-refractivity contribution < 1.29 is 14.6 Å². The molecule has 0 saturated carbocycles. The first-order valence-corrected chi connectivity index (χ1v) is 7.75. The van der Waals surface area contributed by atoms with Crippen molar-refractivity contribution in [1.29, 1.82) is 0 Å². The van der Waals surface area contributed by atoms with Gasteiger partial charge in [-0.05, 0) is 55.9 Å². The molecule has 1 saturated heterocycles. The molecule has 1 aromatic carbocycles. The molecule has 0 aliphatic carbocycles. The first-order valence-electron chi connectivity index (χ1n) is 7.37. The minimum atomic E-state index is 0.00485. The third kappa shape index (κ3) is 4.61. The van der Waals surface area contributed by atoms with Crippen LogP contribution in [0.3, 0.4) is 0 Å². The second kappa shape index (κ2) is 7.66. The summed E-state index contributed by atoms with van der Waals surface area (Å²) in [7, 11) is 0. The summed E-state index contributed by atoms with van der Waals surface area (Å²) in [6.45, 7) is 3.65. The smallest absolute Gasteiger partial charge is 0.260 e. The highest BCUT2D eigenvalue weighted by Crippen LogP contribution is 2.22. The maximum absolute atomic E-state index is 12.2. The number of aryl methyl sites for hydroxylation is 1. The largest absolute Gasteiger partial charge is 0.484 e. The number of nitrogens with zero attached hydrogens (tertiary/aromatic N) is 1. The van der Waals surface area contributed by atoms with Crippen LogP contribution in [0.4, 0.5) is 0 Å². The minimum absolute atomic E-state index is 0.00485. The van der Waals surface area contributed by atoms with E-state index in [-0.39, 0.29) is 19.1 Å². The maximum atomic E-state index is 12.2. The molecule has 1 fully saturated rings. The van der Waals surface area contributed by atoms with Crippen LogP contribution in [0.5, 0.6) is 5.75 Å². The van der Waals surface area contributed by atoms with Crippen molar-refractivity contribution in [1.82, 2.24) is 4.90 Å². The Morgan fingerprint density at radius 2 is 2.33 bits per heavy atom. The van der Waals surface area contributed by atoms with Crippen molar-refractivity contribution >= 4 is 17.5 Å². The van der Waals surface area contributed by atoms with Gasteiger partial charge in [-0.2, -0.15) is 0 Å². The van der Waals surface area contributed by atoms with Crippen LogP contribution < -0.4 is 4.74 Å². The Hall–Kier alpha value is -1.26. The van der Waals surface area contributed by atoms with E-state index in [9.17, 15) is 4.79 Å². The summed E-state index contributed by atoms with van der Waals surface area (Å²) < 4.78 is 5.55. The van der Waals surface area contributed by atoms with Crippen molar-refractivity contribution in [2.24, 2.45) is 5.92 Å². The summed E-state index contributed by atoms with van der Waals surface area (Å²) in [4.78, 5) is 14.0. The molecule has 0 aromatic heterocycles. The van der Waals surface area contributed by atoms with Gasteiger partial charge in [0.2, 0.25) is 0 Å². The van der Waals surface area contributed by atoms with Gasteiger partial charge in [0.1, 0.15) is 5.75 Å². The van der Waals surface area contributed by atoms with E-state index in [2.05, 4.69) is 0 Å². The van der Waals surface area contributed by atoms with Crippen molar-refractivity contribution in [3.05, 3.63) is 28.8 Å². The fourth-order valence-electron chi connectivity index (χ4n) is 2.65. The molecule has 21 heavy (non-hydrogen) atoms. The standard InChI is InChI=1S/C16H22ClNO3/c1-12-9-14(4-5-15(12)17)21-11-16(20)18-7-2-3-13(10-18)6-8-19/h4-5,9,13,19H,2-3,6-8,10-11H2,1H3. The van der Waals surface area contributed by atoms with Gasteiger partial charge in [-0.15, -0.1) is 0 Å². The van der Waals surface area contributed by atoms with Gasteiger partial charge < -0.3 is 14.7 Å². The first kappa shape index (κ1) is 16.1. The zero-order chi connectivity index (χ0) is 15.2. The van der Waals surface area contributed by atoms with Crippen LogP contribution in [0.1, 0.15) is 24.8 Å². The fourth-order valence-corrected chi connectivity index (χ4v) is 2.77. The lowest BCUT2D eigenvalue weighted by Crippen LogP contribution is -2.42. The average Bonchev–Trinajstić information content (AvgIpc) is 2.49. The van der Waals surface area contributed by atoms with Crippen LogP contribution in [0.15, 0.2) is 18.2 Å². The van der Waals surface area contributed by atoms with Crippen LogP contribution in [0, 0.1) is 12.8 Å². The highest BCUT2D eigenvalue weighted by Gasteiger charge is 2.23. The molecule has 1 N–H and O–H groups in total. The number of ether oxygens (including phenoxy) is 1. The van der Waals surface area contributed by atoms with E-state index >= 15 is 0 Å². The molecule has 0 radical (unpaired) electrons. The Bertz CT molecular complexity index is 490. The molecule has 1 amide bonds. The Balaban J connectivity index is 1.84. The van der Waals surface area contributed by atoms with E-state index in [0.29, 0.717) is 16.7 Å². The molecule has 1 unspecified atom stereocenters. The molecule has 2 rings (SSSR count). The molecular weight excluding hydrogens is 290 g/mol. The third-order valence-electron chi connectivity index (χ3n) is 3.90. The molecule has 1 aromatic rings. The van der Waals surface area contributed by atoms with Crippen LogP contribution >= 0.6 is 11.6 Å². The van der Waals surface area contributed by atoms with Gasteiger partial charge in [-0.1, -0.05) is 11.6 Å². The van der Waals surface area contributed by atoms with Crippen molar-refractivity contribution in [3.63, 3.8) is 0 Å². The number of carbonyl (C=O) groups is 1. The average molecular weight is 312 g/mol. The van der Waals surface area contributed by atoms with Crippen molar-refractivity contribution in [2.45, 2.75) is 26.2 Å². The number of hydrogen-bond donors (Lipinski definition) is 1. The highest BCUT2D eigenvalue weighted by atomic mass is 35.5. The Morgan fingerprint density at radius 3 is 3.05 bits per heavy atom. The molecule has 1 atom stereocenters. The molecule has 1 heterocycles. The van der Waals surface area contributed by atoms with Gasteiger partial charge in [0.05, 0.1) is 0 Å². The minimum Gasteiger partial charge on any atom is -0.484 e. The van der Waals surface area contributed by atoms with Gasteiger partial charge >= 0.3 is 0 Å². The summed E-state index contributed by atoms with van der Waals surface area (Å²) in [5.41, 5.74) is 0.933. The molecule has 5 heteroatoms. The van der Waals surface area contributed by atoms with Crippen LogP contribution in [-0.2, 0) is 4.79 Å². The van der Waals surface area contributed by atoms with E-state index in [1.54, 1.807) is 12.1 Å². The predicted octanol–water partition coefficient (Wildman–Crippen LogP) is 2.65. The quantitative estimate of drug-likeness (QED) is 0.909. The van der Waals surface area contributed by atoms with Gasteiger partial charge in [0, 0.05) is 24.7 Å². The molecular formula is C16H22ClNO3. The predicted molar refractivity (Wildman–Crippen MR) is 82.7 cm³/mol. The Kier molecular flexibility index (Phi) is 5.88. The summed E-state index contributed by atoms with van der Waals surface area (Å²) in [5.74, 6) is 1.07. The van der Waals surface area contributed by atoms with E-state index in [0.717, 1.165) is 37.9 Å². The molecule has 116 valence electrons. The number of halogens is 1. The Labute approximate surface area is 130 Å². The lowest BCUT2D eigenvalue weighted by Gasteiger charge is -2.32. The van der Waals surface area contributed by atoms with Gasteiger partial charge in [-0.3, -0.25) is 4.79 Å². The molecule has 0 bridgehead atoms. The number of rotatable bonds is 5. The van der Waals surface area contributed by atoms with E-state index in [1.807, 2.05) is 17.9 Å². The summed E-state index contributed by atoms with van der Waals surface area (Å²) in [5, 5.41) is 9.70. The van der Waals surface area contributed by atoms with E-state index < -0.39 is 0 Å². The number of carbonyl (C=O) groups excluding carboxylic acids is 1. The Morgan fingerprint density at radius 1 is 1.52 bits per heavy atom. The number of likely N-dealkylation sites (tertiary alicyclic amines) is 1. The fraction of sp³-hybridized carbons (Fsp3) is 0.562. The monoisotopic (exact) mass is 311 g/mol. The van der Waals surface area contributed by atoms with Gasteiger partial charge in [-0.25, -0.2) is 0 Å². The number of benzene rings is 1. The first-order chi connectivity index (χ1) is 10.1. The van der Waals surface area contributed by atoms with Crippen LogP contribution in [-0.4, -0.2) is 42.2 Å². The lowest BCUT2D eigenvalue weighted by atomic mass is 9.95. The second-order valence-electron chi connectivity index (χ2n) is 5.56. The normalized spacial score (nSPS) is 18.6. The van der Waals surface area contributed by atoms with Crippen molar-refractivity contribution in [2.75, 3.05) is 26.3 Å². The number of aliphatic hydroxyl groups is 1. The second-order valence-corrected chi connectivity index (χ2v) is 5.97. The number of hydrogen-bond acceptors (Lipinski definition) is 3. The molecule has 1 aliphatic heterocycles. The number of amides is 1. The maximum Gasteiger partial charge on any atom is 0.260 e. The van der Waals surface area contributed by atoms with Crippen LogP contribution in [0.25, 0.3) is 0 Å². The van der Waals surface area contributed by atoms with Crippen LogP contribution in [0.2, 0.25) is 5.02 Å². The zero-order valence-electron chi connectivity index (χ0n) is 12.3. The van der Waals surface area contributed by atoms with Gasteiger partial charge in [0.15, 0.2) is 6.61 Å². The SMILES string of the molecule is Cc1cc(OCC(=O)N2CCCC(CCO)C2)ccc1Cl. The summed E-state index contributed by atoms with van der Waals surface area (Å²) in [6, 6.07) is 5.38. The van der Waals surface area contributed by atoms with Crippen molar-refractivity contribution in [3.8, 4) is 5.75 Å². The van der Waals surface area contributed by atoms with E-state index in [1.165, 1.54) is 0 Å². The molecule has 1 aliphatic rings. The highest BCUT2D eigenvalue weighted by molar-refractivity contribution is 6.31. The zero-order valence-corrected chi connectivity index (χ0v) is 13.1. The van der Waals surface area contributed by atoms with E-state index in [4.69, 9.17) is 21.4 Å². The summed E-state index contributed by atoms with van der Waals surface area (Å²) >= 11 is 5.96. The molecule has 0 spiro atoms. The lowest BCUT2D eigenvalue weighted by molar-refractivity contribution is -0.135. The topological polar surface area (TPSA) is 49.8 Å². The molecule has 4 nitrogen and oxygen atoms in total. The third-order valence-corrected chi connectivity index (χ3v) is 4.32. The summed E-state index contributed by atoms with van der Waals surface area (Å²) in [6.07, 6.45) is 2.85. The number of aliphatic hydroxyl groups excluding tert-OH is 1. The number of piperidine rings is 1. The van der Waals surface area contributed by atoms with Gasteiger partial charge in [0.25, 0.3) is 5.91 Å².